The molecular weight excluding hydrogens is 263 g/mol. The van der Waals surface area contributed by atoms with Gasteiger partial charge in [-0.05, 0) is 36.5 Å². The number of hydrogen-bond donors (Lipinski definition) is 0. The van der Waals surface area contributed by atoms with Gasteiger partial charge in [-0.2, -0.15) is 0 Å². The Kier molecular flexibility index (Phi) is 4.56. The highest BCUT2D eigenvalue weighted by Crippen LogP contribution is 2.29. The maximum Gasteiger partial charge on any atom is 0.130 e. The van der Waals surface area contributed by atoms with Gasteiger partial charge in [0.2, 0.25) is 0 Å². The molecular formula is C19H21FO. The van der Waals surface area contributed by atoms with E-state index in [1.54, 1.807) is 25.1 Å². The summed E-state index contributed by atoms with van der Waals surface area (Å²) in [4.78, 5) is 11.6. The van der Waals surface area contributed by atoms with Gasteiger partial charge in [0.05, 0.1) is 5.41 Å². The lowest BCUT2D eigenvalue weighted by Gasteiger charge is -2.24. The molecule has 2 aromatic rings. The summed E-state index contributed by atoms with van der Waals surface area (Å²) in [5, 5.41) is 0. The number of carbonyl (C=O) groups is 1. The van der Waals surface area contributed by atoms with Crippen LogP contribution in [0, 0.1) is 5.82 Å². The van der Waals surface area contributed by atoms with Crippen molar-refractivity contribution in [1.82, 2.24) is 0 Å². The number of benzene rings is 2. The lowest BCUT2D eigenvalue weighted by atomic mass is 9.78. The number of carbonyl (C=O) groups excluding carboxylic acids is 1. The minimum Gasteiger partial charge on any atom is -0.302 e. The van der Waals surface area contributed by atoms with Crippen LogP contribution in [0.4, 0.5) is 4.39 Å². The van der Waals surface area contributed by atoms with Crippen LogP contribution in [-0.4, -0.2) is 6.29 Å². The van der Waals surface area contributed by atoms with Gasteiger partial charge >= 0.3 is 0 Å². The largest absolute Gasteiger partial charge is 0.302 e. The third-order valence-electron chi connectivity index (χ3n) is 3.97. The van der Waals surface area contributed by atoms with Gasteiger partial charge in [-0.25, -0.2) is 4.39 Å². The first-order valence-electron chi connectivity index (χ1n) is 7.26. The predicted octanol–water partition coefficient (Wildman–Crippen LogP) is 4.65. The van der Waals surface area contributed by atoms with Crippen molar-refractivity contribution in [2.24, 2.45) is 0 Å². The minimum absolute atomic E-state index is 0.328. The molecule has 0 bridgehead atoms. The Labute approximate surface area is 125 Å². The second-order valence-electron chi connectivity index (χ2n) is 6.09. The molecule has 0 saturated carbocycles. The number of rotatable bonds is 5. The van der Waals surface area contributed by atoms with Gasteiger partial charge in [0.1, 0.15) is 12.1 Å². The smallest absolute Gasteiger partial charge is 0.130 e. The van der Waals surface area contributed by atoms with Crippen molar-refractivity contribution >= 4 is 6.29 Å². The van der Waals surface area contributed by atoms with E-state index in [-0.39, 0.29) is 5.82 Å². The zero-order valence-corrected chi connectivity index (χ0v) is 12.8. The zero-order valence-electron chi connectivity index (χ0n) is 12.8. The van der Waals surface area contributed by atoms with Crippen molar-refractivity contribution in [2.75, 3.05) is 0 Å². The van der Waals surface area contributed by atoms with E-state index in [1.165, 1.54) is 11.6 Å². The van der Waals surface area contributed by atoms with E-state index in [0.29, 0.717) is 17.9 Å². The van der Waals surface area contributed by atoms with Gasteiger partial charge in [-0.15, -0.1) is 0 Å². The summed E-state index contributed by atoms with van der Waals surface area (Å²) in [5.74, 6) is 0.147. The maximum atomic E-state index is 14.0. The molecule has 0 saturated heterocycles. The van der Waals surface area contributed by atoms with Crippen molar-refractivity contribution in [3.8, 4) is 0 Å². The Hall–Kier alpha value is -1.96. The van der Waals surface area contributed by atoms with Crippen molar-refractivity contribution in [3.05, 3.63) is 71.0 Å². The van der Waals surface area contributed by atoms with E-state index >= 15 is 0 Å². The highest BCUT2D eigenvalue weighted by molar-refractivity contribution is 5.69. The van der Waals surface area contributed by atoms with Crippen LogP contribution in [0.25, 0.3) is 0 Å². The molecule has 0 aliphatic rings. The lowest BCUT2D eigenvalue weighted by molar-refractivity contribution is -0.112. The van der Waals surface area contributed by atoms with Crippen molar-refractivity contribution in [1.29, 1.82) is 0 Å². The van der Waals surface area contributed by atoms with Crippen LogP contribution in [-0.2, 0) is 16.6 Å². The van der Waals surface area contributed by atoms with Crippen LogP contribution >= 0.6 is 0 Å². The second kappa shape index (κ2) is 6.21. The molecule has 1 unspecified atom stereocenters. The summed E-state index contributed by atoms with van der Waals surface area (Å²) in [6.45, 7) is 6.07. The number of aldehydes is 1. The first-order chi connectivity index (χ1) is 9.96. The fourth-order valence-corrected chi connectivity index (χ4v) is 2.57. The summed E-state index contributed by atoms with van der Waals surface area (Å²) < 4.78 is 14.0. The summed E-state index contributed by atoms with van der Waals surface area (Å²) in [6, 6.07) is 14.7. The average molecular weight is 284 g/mol. The topological polar surface area (TPSA) is 17.1 Å². The SMILES string of the molecule is CC(C)c1ccc(CC(C)(C=O)c2ccccc2F)cc1. The van der Waals surface area contributed by atoms with Crippen molar-refractivity contribution < 1.29 is 9.18 Å². The van der Waals surface area contributed by atoms with Crippen LogP contribution in [0.5, 0.6) is 0 Å². The quantitative estimate of drug-likeness (QED) is 0.730. The van der Waals surface area contributed by atoms with Gasteiger partial charge in [0.15, 0.2) is 0 Å². The first kappa shape index (κ1) is 15.4. The maximum absolute atomic E-state index is 14.0. The molecule has 0 aliphatic carbocycles. The Bertz CT molecular complexity index is 616. The number of hydrogen-bond acceptors (Lipinski definition) is 1. The molecule has 0 spiro atoms. The highest BCUT2D eigenvalue weighted by atomic mass is 19.1. The van der Waals surface area contributed by atoms with Gasteiger partial charge in [0.25, 0.3) is 0 Å². The highest BCUT2D eigenvalue weighted by Gasteiger charge is 2.29. The third-order valence-corrected chi connectivity index (χ3v) is 3.97. The van der Waals surface area contributed by atoms with Crippen molar-refractivity contribution in [2.45, 2.75) is 38.5 Å². The van der Waals surface area contributed by atoms with E-state index in [9.17, 15) is 9.18 Å². The third kappa shape index (κ3) is 3.38. The summed E-state index contributed by atoms with van der Waals surface area (Å²) >= 11 is 0. The molecule has 0 fully saturated rings. The van der Waals surface area contributed by atoms with Crippen LogP contribution in [0.1, 0.15) is 43.4 Å². The minimum atomic E-state index is -0.843. The van der Waals surface area contributed by atoms with E-state index < -0.39 is 5.41 Å². The molecule has 1 atom stereocenters. The summed E-state index contributed by atoms with van der Waals surface area (Å²) in [6.07, 6.45) is 1.34. The Balaban J connectivity index is 2.30. The Morgan fingerprint density at radius 3 is 2.24 bits per heavy atom. The Morgan fingerprint density at radius 2 is 1.71 bits per heavy atom. The van der Waals surface area contributed by atoms with Gasteiger partial charge < -0.3 is 4.79 Å². The first-order valence-corrected chi connectivity index (χ1v) is 7.26. The molecule has 0 amide bonds. The summed E-state index contributed by atoms with van der Waals surface area (Å²) in [5.41, 5.74) is 1.91. The molecule has 0 heterocycles. The molecule has 0 radical (unpaired) electrons. The van der Waals surface area contributed by atoms with Crippen LogP contribution in [0.2, 0.25) is 0 Å². The zero-order chi connectivity index (χ0) is 15.5. The molecule has 1 nitrogen and oxygen atoms in total. The van der Waals surface area contributed by atoms with Gasteiger partial charge in [-0.3, -0.25) is 0 Å². The van der Waals surface area contributed by atoms with Crippen LogP contribution in [0.3, 0.4) is 0 Å². The van der Waals surface area contributed by atoms with Gasteiger partial charge in [-0.1, -0.05) is 56.3 Å². The molecule has 110 valence electrons. The summed E-state index contributed by atoms with van der Waals surface area (Å²) in [7, 11) is 0. The molecule has 0 aromatic heterocycles. The standard InChI is InChI=1S/C19H21FO/c1-14(2)16-10-8-15(9-11-16)12-19(3,13-21)17-6-4-5-7-18(17)20/h4-11,13-14H,12H2,1-3H3. The molecule has 0 N–H and O–H groups in total. The fourth-order valence-electron chi connectivity index (χ4n) is 2.57. The monoisotopic (exact) mass is 284 g/mol. The van der Waals surface area contributed by atoms with Crippen LogP contribution in [0.15, 0.2) is 48.5 Å². The van der Waals surface area contributed by atoms with E-state index in [2.05, 4.69) is 26.0 Å². The van der Waals surface area contributed by atoms with Gasteiger partial charge in [0, 0.05) is 5.56 Å². The predicted molar refractivity (Wildman–Crippen MR) is 84.1 cm³/mol. The molecule has 0 aliphatic heterocycles. The fraction of sp³-hybridized carbons (Fsp3) is 0.316. The molecule has 2 aromatic carbocycles. The van der Waals surface area contributed by atoms with E-state index in [1.807, 2.05) is 12.1 Å². The normalized spacial score (nSPS) is 14.0. The molecule has 2 rings (SSSR count). The average Bonchev–Trinajstić information content (AvgIpc) is 2.48. The van der Waals surface area contributed by atoms with E-state index in [0.717, 1.165) is 11.8 Å². The van der Waals surface area contributed by atoms with E-state index in [4.69, 9.17) is 0 Å². The Morgan fingerprint density at radius 1 is 1.10 bits per heavy atom. The van der Waals surface area contributed by atoms with Crippen LogP contribution < -0.4 is 0 Å². The number of halogens is 1. The lowest BCUT2D eigenvalue weighted by Crippen LogP contribution is -2.28. The van der Waals surface area contributed by atoms with Crippen molar-refractivity contribution in [3.63, 3.8) is 0 Å². The molecule has 2 heteroatoms. The molecule has 21 heavy (non-hydrogen) atoms. The second-order valence-corrected chi connectivity index (χ2v) is 6.09.